The Labute approximate surface area is 145 Å². The van der Waals surface area contributed by atoms with Crippen molar-refractivity contribution in [2.24, 2.45) is 0 Å². The van der Waals surface area contributed by atoms with E-state index in [-0.39, 0.29) is 60.2 Å². The summed E-state index contributed by atoms with van der Waals surface area (Å²) in [5.74, 6) is 0. The fourth-order valence-electron chi connectivity index (χ4n) is 1.30. The molecule has 2 aromatic carbocycles. The van der Waals surface area contributed by atoms with Crippen LogP contribution in [0.4, 0.5) is 0 Å². The van der Waals surface area contributed by atoms with Gasteiger partial charge in [0, 0.05) is 0 Å². The Kier molecular flexibility index (Phi) is 19.5. The molecule has 0 aliphatic rings. The van der Waals surface area contributed by atoms with Crippen LogP contribution in [0.15, 0.2) is 48.5 Å². The van der Waals surface area contributed by atoms with Crippen molar-refractivity contribution in [3.63, 3.8) is 0 Å². The molecule has 0 saturated heterocycles. The Hall–Kier alpha value is 0.543. The molecule has 0 N–H and O–H groups in total. The average Bonchev–Trinajstić information content (AvgIpc) is 2.92. The molecule has 2 rings (SSSR count). The molecule has 17 heavy (non-hydrogen) atoms. The third kappa shape index (κ3) is 10.2. The quantitative estimate of drug-likeness (QED) is 0.475. The zero-order valence-corrected chi connectivity index (χ0v) is 15.9. The molecule has 3 heteroatoms. The Morgan fingerprint density at radius 3 is 1.00 bits per heavy atom. The molecule has 0 bridgehead atoms. The van der Waals surface area contributed by atoms with Crippen molar-refractivity contribution in [1.82, 2.24) is 0 Å². The number of rotatable bonds is 2. The Bertz CT molecular complexity index is 278. The minimum absolute atomic E-state index is 0. The first-order chi connectivity index (χ1) is 6.86. The SMILES string of the molecule is CC[c-]1cccc1.CC[c-]1cccc1.[Br-].[Br-].[Zr+4]. The van der Waals surface area contributed by atoms with Gasteiger partial charge < -0.3 is 34.0 Å². The molecular formula is C14H18Br2Zr. The molecule has 0 aliphatic heterocycles. The fraction of sp³-hybridized carbons (Fsp3) is 0.286. The second-order valence-electron chi connectivity index (χ2n) is 3.29. The Morgan fingerprint density at radius 1 is 0.647 bits per heavy atom. The maximum Gasteiger partial charge on any atom is 4.00 e. The first-order valence-electron chi connectivity index (χ1n) is 5.28. The van der Waals surface area contributed by atoms with Gasteiger partial charge in [0.1, 0.15) is 0 Å². The maximum atomic E-state index is 2.16. The van der Waals surface area contributed by atoms with E-state index in [2.05, 4.69) is 62.4 Å². The van der Waals surface area contributed by atoms with Crippen molar-refractivity contribution in [3.05, 3.63) is 59.7 Å². The zero-order valence-electron chi connectivity index (χ0n) is 10.3. The minimum atomic E-state index is 0. The van der Waals surface area contributed by atoms with Crippen LogP contribution in [-0.4, -0.2) is 0 Å². The predicted octanol–water partition coefficient (Wildman–Crippen LogP) is -2.06. The van der Waals surface area contributed by atoms with Crippen LogP contribution in [0, 0.1) is 0 Å². The van der Waals surface area contributed by atoms with Crippen LogP contribution in [0.3, 0.4) is 0 Å². The van der Waals surface area contributed by atoms with Gasteiger partial charge in [-0.05, 0) is 0 Å². The molecule has 0 fully saturated rings. The number of hydrogen-bond donors (Lipinski definition) is 0. The van der Waals surface area contributed by atoms with Crippen molar-refractivity contribution in [1.29, 1.82) is 0 Å². The molecule has 0 aliphatic carbocycles. The molecule has 0 atom stereocenters. The van der Waals surface area contributed by atoms with Gasteiger partial charge in [-0.2, -0.15) is 35.4 Å². The van der Waals surface area contributed by atoms with E-state index in [1.807, 2.05) is 0 Å². The van der Waals surface area contributed by atoms with Crippen LogP contribution in [0.25, 0.3) is 0 Å². The van der Waals surface area contributed by atoms with E-state index in [1.165, 1.54) is 11.1 Å². The van der Waals surface area contributed by atoms with Crippen molar-refractivity contribution in [2.75, 3.05) is 0 Å². The van der Waals surface area contributed by atoms with Gasteiger partial charge in [0.2, 0.25) is 0 Å². The van der Waals surface area contributed by atoms with Crippen LogP contribution in [0.2, 0.25) is 0 Å². The Balaban J connectivity index is -0.000000196. The van der Waals surface area contributed by atoms with Gasteiger partial charge in [0.05, 0.1) is 0 Å². The third-order valence-corrected chi connectivity index (χ3v) is 2.28. The van der Waals surface area contributed by atoms with Crippen LogP contribution in [0.1, 0.15) is 25.0 Å². The van der Waals surface area contributed by atoms with Crippen molar-refractivity contribution in [3.8, 4) is 0 Å². The smallest absolute Gasteiger partial charge is 1.00 e. The van der Waals surface area contributed by atoms with E-state index in [0.717, 1.165) is 12.8 Å². The van der Waals surface area contributed by atoms with Crippen LogP contribution < -0.4 is 34.0 Å². The summed E-state index contributed by atoms with van der Waals surface area (Å²) in [6.45, 7) is 4.32. The third-order valence-electron chi connectivity index (χ3n) is 2.28. The second kappa shape index (κ2) is 14.6. The summed E-state index contributed by atoms with van der Waals surface area (Å²) in [5, 5.41) is 0. The molecule has 92 valence electrons. The maximum absolute atomic E-state index is 2.16. The summed E-state index contributed by atoms with van der Waals surface area (Å²) >= 11 is 0. The molecular weight excluding hydrogens is 419 g/mol. The average molecular weight is 437 g/mol. The second-order valence-corrected chi connectivity index (χ2v) is 3.29. The molecule has 0 spiro atoms. The zero-order chi connectivity index (χ0) is 10.2. The molecule has 0 saturated carbocycles. The van der Waals surface area contributed by atoms with Gasteiger partial charge >= 0.3 is 26.2 Å². The summed E-state index contributed by atoms with van der Waals surface area (Å²) < 4.78 is 0. The summed E-state index contributed by atoms with van der Waals surface area (Å²) in [4.78, 5) is 0. The van der Waals surface area contributed by atoms with E-state index in [4.69, 9.17) is 0 Å². The first-order valence-corrected chi connectivity index (χ1v) is 5.28. The number of hydrogen-bond acceptors (Lipinski definition) is 0. The monoisotopic (exact) mass is 434 g/mol. The van der Waals surface area contributed by atoms with E-state index in [0.29, 0.717) is 0 Å². The minimum Gasteiger partial charge on any atom is -1.00 e. The van der Waals surface area contributed by atoms with Gasteiger partial charge in [0.25, 0.3) is 0 Å². The molecule has 0 radical (unpaired) electrons. The van der Waals surface area contributed by atoms with E-state index in [9.17, 15) is 0 Å². The van der Waals surface area contributed by atoms with Crippen molar-refractivity contribution in [2.45, 2.75) is 26.7 Å². The van der Waals surface area contributed by atoms with Gasteiger partial charge in [-0.1, -0.05) is 26.7 Å². The molecule has 0 unspecified atom stereocenters. The predicted molar refractivity (Wildman–Crippen MR) is 62.8 cm³/mol. The topological polar surface area (TPSA) is 0 Å². The number of halogens is 2. The van der Waals surface area contributed by atoms with E-state index < -0.39 is 0 Å². The van der Waals surface area contributed by atoms with Crippen LogP contribution in [-0.2, 0) is 39.0 Å². The van der Waals surface area contributed by atoms with Gasteiger partial charge in [-0.25, -0.2) is 24.3 Å². The van der Waals surface area contributed by atoms with Gasteiger partial charge in [-0.15, -0.1) is 0 Å². The molecule has 0 aromatic heterocycles. The molecule has 2 aromatic rings. The summed E-state index contributed by atoms with van der Waals surface area (Å²) in [7, 11) is 0. The molecule has 0 amide bonds. The molecule has 0 nitrogen and oxygen atoms in total. The van der Waals surface area contributed by atoms with Crippen molar-refractivity contribution >= 4 is 0 Å². The summed E-state index contributed by atoms with van der Waals surface area (Å²) in [5.41, 5.74) is 2.86. The summed E-state index contributed by atoms with van der Waals surface area (Å²) in [6.07, 6.45) is 2.32. The van der Waals surface area contributed by atoms with Gasteiger partial charge in [-0.3, -0.25) is 0 Å². The normalized spacial score (nSPS) is 7.65. The van der Waals surface area contributed by atoms with Gasteiger partial charge in [0.15, 0.2) is 0 Å². The van der Waals surface area contributed by atoms with E-state index >= 15 is 0 Å². The Morgan fingerprint density at radius 2 is 0.882 bits per heavy atom. The van der Waals surface area contributed by atoms with Crippen molar-refractivity contribution < 1.29 is 60.2 Å². The van der Waals surface area contributed by atoms with E-state index in [1.54, 1.807) is 0 Å². The molecule has 0 heterocycles. The first kappa shape index (κ1) is 22.7. The standard InChI is InChI=1S/2C7H9.2BrH.Zr/c2*1-2-7-5-3-4-6-7;;;/h2*3-6H,2H2,1H3;2*1H;/q2*-1;;;+4/p-2. The largest absolute Gasteiger partial charge is 4.00 e. The van der Waals surface area contributed by atoms with Crippen LogP contribution >= 0.6 is 0 Å². The summed E-state index contributed by atoms with van der Waals surface area (Å²) in [6, 6.07) is 16.8. The van der Waals surface area contributed by atoms with Crippen LogP contribution in [0.5, 0.6) is 0 Å². The fourth-order valence-corrected chi connectivity index (χ4v) is 1.30. The number of aryl methyl sites for hydroxylation is 2.